The lowest BCUT2D eigenvalue weighted by Crippen LogP contribution is -2.26. The second-order valence-corrected chi connectivity index (χ2v) is 6.36. The molecule has 0 saturated carbocycles. The Balaban J connectivity index is 1.85. The zero-order chi connectivity index (χ0) is 16.6. The Kier molecular flexibility index (Phi) is 4.14. The first-order chi connectivity index (χ1) is 11.0. The molecule has 0 unspecified atom stereocenters. The molecule has 0 spiro atoms. The van der Waals surface area contributed by atoms with Crippen molar-refractivity contribution in [2.24, 2.45) is 0 Å². The van der Waals surface area contributed by atoms with E-state index in [1.54, 1.807) is 4.90 Å². The van der Waals surface area contributed by atoms with Crippen LogP contribution in [0.25, 0.3) is 10.9 Å². The zero-order valence-corrected chi connectivity index (χ0v) is 14.2. The molecule has 1 heterocycles. The van der Waals surface area contributed by atoms with Crippen molar-refractivity contribution >= 4 is 28.4 Å². The maximum absolute atomic E-state index is 12.7. The van der Waals surface area contributed by atoms with Crippen molar-refractivity contribution in [3.8, 4) is 0 Å². The summed E-state index contributed by atoms with van der Waals surface area (Å²) in [4.78, 5) is 17.7. The van der Waals surface area contributed by atoms with E-state index < -0.39 is 0 Å². The number of aromatic nitrogens is 1. The number of hydrogen-bond acceptors (Lipinski definition) is 1. The van der Waals surface area contributed by atoms with Gasteiger partial charge in [0.2, 0.25) is 0 Å². The van der Waals surface area contributed by atoms with E-state index in [1.165, 1.54) is 5.56 Å². The second-order valence-electron chi connectivity index (χ2n) is 5.93. The van der Waals surface area contributed by atoms with Crippen LogP contribution in [0.3, 0.4) is 0 Å². The minimum atomic E-state index is 0.00475. The van der Waals surface area contributed by atoms with Gasteiger partial charge in [-0.15, -0.1) is 0 Å². The Labute approximate surface area is 140 Å². The van der Waals surface area contributed by atoms with Gasteiger partial charge in [0.1, 0.15) is 0 Å². The number of carbonyl (C=O) groups is 1. The lowest BCUT2D eigenvalue weighted by Gasteiger charge is -2.17. The van der Waals surface area contributed by atoms with Crippen LogP contribution < -0.4 is 0 Å². The smallest absolute Gasteiger partial charge is 0.253 e. The molecule has 0 aliphatic rings. The normalized spacial score (nSPS) is 11.0. The number of amides is 1. The van der Waals surface area contributed by atoms with Gasteiger partial charge in [0.05, 0.1) is 0 Å². The van der Waals surface area contributed by atoms with E-state index >= 15 is 0 Å². The molecule has 0 fully saturated rings. The minimum Gasteiger partial charge on any atom is -0.358 e. The van der Waals surface area contributed by atoms with Gasteiger partial charge in [0.15, 0.2) is 0 Å². The van der Waals surface area contributed by atoms with E-state index in [4.69, 9.17) is 11.6 Å². The third-order valence-corrected chi connectivity index (χ3v) is 4.45. The van der Waals surface area contributed by atoms with Crippen molar-refractivity contribution in [2.45, 2.75) is 20.4 Å². The van der Waals surface area contributed by atoms with Gasteiger partial charge in [-0.2, -0.15) is 0 Å². The fourth-order valence-corrected chi connectivity index (χ4v) is 3.01. The monoisotopic (exact) mass is 326 g/mol. The van der Waals surface area contributed by atoms with Gasteiger partial charge in [-0.1, -0.05) is 23.7 Å². The highest BCUT2D eigenvalue weighted by atomic mass is 35.5. The Hall–Kier alpha value is -2.26. The first kappa shape index (κ1) is 15.6. The van der Waals surface area contributed by atoms with Gasteiger partial charge in [-0.3, -0.25) is 4.79 Å². The number of nitrogens with zero attached hydrogens (tertiary/aromatic N) is 1. The number of nitrogens with one attached hydrogen (secondary N) is 1. The van der Waals surface area contributed by atoms with Crippen LogP contribution in [0.15, 0.2) is 42.5 Å². The van der Waals surface area contributed by atoms with Crippen LogP contribution in [0.1, 0.15) is 27.2 Å². The van der Waals surface area contributed by atoms with Crippen molar-refractivity contribution < 1.29 is 4.79 Å². The highest BCUT2D eigenvalue weighted by Gasteiger charge is 2.14. The van der Waals surface area contributed by atoms with Gasteiger partial charge < -0.3 is 9.88 Å². The van der Waals surface area contributed by atoms with Crippen LogP contribution in [-0.2, 0) is 6.54 Å². The molecule has 0 atom stereocenters. The average molecular weight is 327 g/mol. The number of benzene rings is 2. The van der Waals surface area contributed by atoms with Crippen molar-refractivity contribution in [3.05, 3.63) is 69.9 Å². The molecule has 3 nitrogen and oxygen atoms in total. The first-order valence-electron chi connectivity index (χ1n) is 7.54. The summed E-state index contributed by atoms with van der Waals surface area (Å²) >= 11 is 6.00. The highest BCUT2D eigenvalue weighted by Crippen LogP contribution is 2.23. The quantitative estimate of drug-likeness (QED) is 0.743. The second kappa shape index (κ2) is 6.09. The van der Waals surface area contributed by atoms with E-state index in [0.717, 1.165) is 22.2 Å². The van der Waals surface area contributed by atoms with Gasteiger partial charge in [0, 0.05) is 40.8 Å². The summed E-state index contributed by atoms with van der Waals surface area (Å²) in [7, 11) is 1.81. The predicted molar refractivity (Wildman–Crippen MR) is 95.0 cm³/mol. The molecule has 3 aromatic rings. The summed E-state index contributed by atoms with van der Waals surface area (Å²) in [5, 5.41) is 1.78. The van der Waals surface area contributed by atoms with Crippen molar-refractivity contribution in [1.29, 1.82) is 0 Å². The number of carbonyl (C=O) groups excluding carboxylic acids is 1. The summed E-state index contributed by atoms with van der Waals surface area (Å²) < 4.78 is 0. The molecule has 1 amide bonds. The molecular formula is C19H19ClN2O. The van der Waals surface area contributed by atoms with Crippen molar-refractivity contribution in [3.63, 3.8) is 0 Å². The largest absolute Gasteiger partial charge is 0.358 e. The van der Waals surface area contributed by atoms with Crippen LogP contribution in [0.4, 0.5) is 0 Å². The van der Waals surface area contributed by atoms with E-state index in [2.05, 4.69) is 11.9 Å². The van der Waals surface area contributed by atoms with Crippen LogP contribution in [0.2, 0.25) is 5.02 Å². The maximum atomic E-state index is 12.7. The molecular weight excluding hydrogens is 308 g/mol. The number of aromatic amines is 1. The molecule has 118 valence electrons. The third-order valence-electron chi connectivity index (χ3n) is 4.21. The van der Waals surface area contributed by atoms with E-state index in [9.17, 15) is 4.79 Å². The zero-order valence-electron chi connectivity index (χ0n) is 13.5. The topological polar surface area (TPSA) is 36.1 Å². The Morgan fingerprint density at radius 2 is 1.96 bits per heavy atom. The van der Waals surface area contributed by atoms with Crippen LogP contribution in [0, 0.1) is 13.8 Å². The molecule has 1 N–H and O–H groups in total. The molecule has 0 radical (unpaired) electrons. The summed E-state index contributed by atoms with van der Waals surface area (Å²) in [5.41, 5.74) is 5.10. The Morgan fingerprint density at radius 1 is 1.17 bits per heavy atom. The van der Waals surface area contributed by atoms with Crippen LogP contribution in [-0.4, -0.2) is 22.8 Å². The summed E-state index contributed by atoms with van der Waals surface area (Å²) in [6.07, 6.45) is 0. The van der Waals surface area contributed by atoms with E-state index in [1.807, 2.05) is 56.4 Å². The molecule has 3 rings (SSSR count). The number of fused-ring (bicyclic) bond motifs is 1. The SMILES string of the molecule is Cc1[nH]c2ccc(C(=O)N(C)Cc3cccc(Cl)c3)cc2c1C. The molecule has 2 aromatic carbocycles. The molecule has 0 aliphatic carbocycles. The van der Waals surface area contributed by atoms with E-state index in [0.29, 0.717) is 17.1 Å². The number of aryl methyl sites for hydroxylation is 2. The minimum absolute atomic E-state index is 0.00475. The predicted octanol–water partition coefficient (Wildman–Crippen LogP) is 4.71. The summed E-state index contributed by atoms with van der Waals surface area (Å²) in [6, 6.07) is 13.4. The number of halogens is 1. The number of hydrogen-bond donors (Lipinski definition) is 1. The average Bonchev–Trinajstić information content (AvgIpc) is 2.81. The van der Waals surface area contributed by atoms with E-state index in [-0.39, 0.29) is 5.91 Å². The van der Waals surface area contributed by atoms with Crippen molar-refractivity contribution in [2.75, 3.05) is 7.05 Å². The first-order valence-corrected chi connectivity index (χ1v) is 7.92. The Bertz CT molecular complexity index is 882. The van der Waals surface area contributed by atoms with Crippen molar-refractivity contribution in [1.82, 2.24) is 9.88 Å². The molecule has 4 heteroatoms. The molecule has 23 heavy (non-hydrogen) atoms. The highest BCUT2D eigenvalue weighted by molar-refractivity contribution is 6.30. The fourth-order valence-electron chi connectivity index (χ4n) is 2.80. The number of H-pyrrole nitrogens is 1. The summed E-state index contributed by atoms with van der Waals surface area (Å²) in [5.74, 6) is 0.00475. The molecule has 0 aliphatic heterocycles. The molecule has 0 bridgehead atoms. The van der Waals surface area contributed by atoms with Crippen LogP contribution in [0.5, 0.6) is 0 Å². The van der Waals surface area contributed by atoms with Gasteiger partial charge in [0.25, 0.3) is 5.91 Å². The lowest BCUT2D eigenvalue weighted by atomic mass is 10.1. The van der Waals surface area contributed by atoms with Crippen LogP contribution >= 0.6 is 11.6 Å². The van der Waals surface area contributed by atoms with Gasteiger partial charge in [-0.05, 0) is 55.3 Å². The van der Waals surface area contributed by atoms with Gasteiger partial charge >= 0.3 is 0 Å². The third kappa shape index (κ3) is 3.10. The van der Waals surface area contributed by atoms with Gasteiger partial charge in [-0.25, -0.2) is 0 Å². The lowest BCUT2D eigenvalue weighted by molar-refractivity contribution is 0.0785. The fraction of sp³-hybridized carbons (Fsp3) is 0.211. The summed E-state index contributed by atoms with van der Waals surface area (Å²) in [6.45, 7) is 4.64. The Morgan fingerprint density at radius 3 is 2.70 bits per heavy atom. The maximum Gasteiger partial charge on any atom is 0.253 e. The number of rotatable bonds is 3. The standard InChI is InChI=1S/C19H19ClN2O/c1-12-13(2)21-18-8-7-15(10-17(12)18)19(23)22(3)11-14-5-4-6-16(20)9-14/h4-10,21H,11H2,1-3H3. The molecule has 1 aromatic heterocycles. The molecule has 0 saturated heterocycles.